The minimum absolute atomic E-state index is 0.145. The number of hydrazone groups is 1. The monoisotopic (exact) mass is 444 g/mol. The van der Waals surface area contributed by atoms with Crippen LogP contribution in [-0.4, -0.2) is 16.7 Å². The van der Waals surface area contributed by atoms with E-state index in [1.165, 1.54) is 12.1 Å². The third-order valence-corrected chi connectivity index (χ3v) is 5.49. The molecule has 0 bridgehead atoms. The van der Waals surface area contributed by atoms with Gasteiger partial charge in [-0.15, -0.1) is 0 Å². The number of nitriles is 1. The van der Waals surface area contributed by atoms with E-state index in [9.17, 15) is 9.18 Å². The van der Waals surface area contributed by atoms with Crippen LogP contribution in [0.5, 0.6) is 0 Å². The molecule has 1 aromatic heterocycles. The first kappa shape index (κ1) is 21.3. The fourth-order valence-corrected chi connectivity index (χ4v) is 3.71. The van der Waals surface area contributed by atoms with Crippen LogP contribution in [0.3, 0.4) is 0 Å². The largest absolute Gasteiger partial charge is 0.340 e. The maximum atomic E-state index is 14.1. The van der Waals surface area contributed by atoms with Gasteiger partial charge in [0.05, 0.1) is 23.4 Å². The molecule has 0 saturated carbocycles. The van der Waals surface area contributed by atoms with Gasteiger partial charge in [0.25, 0.3) is 5.91 Å². The topological polar surface area (TPSA) is 70.2 Å². The quantitative estimate of drug-likeness (QED) is 0.329. The number of halogens is 2. The van der Waals surface area contributed by atoms with E-state index >= 15 is 0 Å². The van der Waals surface area contributed by atoms with Crippen LogP contribution in [0, 0.1) is 24.1 Å². The van der Waals surface area contributed by atoms with Gasteiger partial charge in [-0.3, -0.25) is 4.79 Å². The van der Waals surface area contributed by atoms with Crippen molar-refractivity contribution >= 4 is 34.6 Å². The molecular formula is C25H18ClFN4O. The van der Waals surface area contributed by atoms with Crippen molar-refractivity contribution in [1.82, 2.24) is 9.99 Å². The normalized spacial score (nSPS) is 11.1. The van der Waals surface area contributed by atoms with Crippen LogP contribution in [-0.2, 0) is 6.54 Å². The van der Waals surface area contributed by atoms with Gasteiger partial charge in [0.2, 0.25) is 0 Å². The number of nitrogens with zero attached hydrogens (tertiary/aromatic N) is 3. The van der Waals surface area contributed by atoms with Gasteiger partial charge in [0, 0.05) is 33.7 Å². The van der Waals surface area contributed by atoms with Crippen molar-refractivity contribution in [2.45, 2.75) is 13.5 Å². The van der Waals surface area contributed by atoms with Crippen molar-refractivity contribution in [2.24, 2.45) is 5.10 Å². The fourth-order valence-electron chi connectivity index (χ4n) is 3.58. The van der Waals surface area contributed by atoms with E-state index in [0.29, 0.717) is 11.6 Å². The lowest BCUT2D eigenvalue weighted by molar-refractivity contribution is 0.0951. The molecule has 0 saturated heterocycles. The van der Waals surface area contributed by atoms with Crippen molar-refractivity contribution in [3.8, 4) is 6.07 Å². The number of nitrogens with one attached hydrogen (secondary N) is 1. The van der Waals surface area contributed by atoms with E-state index in [2.05, 4.69) is 15.1 Å². The minimum Gasteiger partial charge on any atom is -0.340 e. The smallest absolute Gasteiger partial charge is 0.274 e. The van der Waals surface area contributed by atoms with E-state index in [-0.39, 0.29) is 11.1 Å². The lowest BCUT2D eigenvalue weighted by Crippen LogP contribution is -2.19. The summed E-state index contributed by atoms with van der Waals surface area (Å²) in [6.07, 6.45) is 1.56. The molecule has 4 rings (SSSR count). The van der Waals surface area contributed by atoms with Gasteiger partial charge in [0.1, 0.15) is 5.82 Å². The number of aromatic nitrogens is 1. The Kier molecular flexibility index (Phi) is 6.02. The van der Waals surface area contributed by atoms with Crippen molar-refractivity contribution in [1.29, 1.82) is 5.26 Å². The second-order valence-electron chi connectivity index (χ2n) is 7.23. The molecule has 1 N–H and O–H groups in total. The number of benzene rings is 3. The summed E-state index contributed by atoms with van der Waals surface area (Å²) in [6.45, 7) is 2.64. The minimum atomic E-state index is -0.771. The molecule has 7 heteroatoms. The van der Waals surface area contributed by atoms with Crippen LogP contribution >= 0.6 is 11.6 Å². The summed E-state index contributed by atoms with van der Waals surface area (Å²) in [6, 6.07) is 21.1. The van der Waals surface area contributed by atoms with Crippen molar-refractivity contribution in [3.05, 3.63) is 106 Å². The van der Waals surface area contributed by atoms with Gasteiger partial charge in [0.15, 0.2) is 0 Å². The second-order valence-corrected chi connectivity index (χ2v) is 7.67. The Hall–Kier alpha value is -3.95. The molecule has 158 valence electrons. The first-order valence-corrected chi connectivity index (χ1v) is 10.2. The molecule has 0 aliphatic carbocycles. The average Bonchev–Trinajstić information content (AvgIpc) is 3.06. The van der Waals surface area contributed by atoms with Crippen LogP contribution in [0.2, 0.25) is 5.02 Å². The summed E-state index contributed by atoms with van der Waals surface area (Å²) in [5.74, 6) is -1.46. The first-order valence-electron chi connectivity index (χ1n) is 9.83. The number of fused-ring (bicyclic) bond motifs is 1. The molecule has 5 nitrogen and oxygen atoms in total. The lowest BCUT2D eigenvalue weighted by atomic mass is 10.1. The van der Waals surface area contributed by atoms with Crippen LogP contribution in [0.1, 0.15) is 32.7 Å². The Labute approximate surface area is 189 Å². The third kappa shape index (κ3) is 4.25. The summed E-state index contributed by atoms with van der Waals surface area (Å²) in [7, 11) is 0. The predicted octanol–water partition coefficient (Wildman–Crippen LogP) is 5.43. The second kappa shape index (κ2) is 9.04. The van der Waals surface area contributed by atoms with Gasteiger partial charge in [-0.2, -0.15) is 10.4 Å². The highest BCUT2D eigenvalue weighted by atomic mass is 35.5. The van der Waals surface area contributed by atoms with Crippen molar-refractivity contribution in [3.63, 3.8) is 0 Å². The highest BCUT2D eigenvalue weighted by Gasteiger charge is 2.14. The van der Waals surface area contributed by atoms with Crippen LogP contribution in [0.25, 0.3) is 10.9 Å². The number of hydrogen-bond acceptors (Lipinski definition) is 3. The zero-order chi connectivity index (χ0) is 22.7. The number of para-hydroxylation sites is 1. The number of hydrogen-bond donors (Lipinski definition) is 1. The molecule has 32 heavy (non-hydrogen) atoms. The predicted molar refractivity (Wildman–Crippen MR) is 123 cm³/mol. The zero-order valence-corrected chi connectivity index (χ0v) is 17.9. The molecular weight excluding hydrogens is 427 g/mol. The summed E-state index contributed by atoms with van der Waals surface area (Å²) in [5, 5.41) is 14.6. The molecule has 0 radical (unpaired) electrons. The molecule has 0 aliphatic heterocycles. The lowest BCUT2D eigenvalue weighted by Gasteiger charge is -2.09. The van der Waals surface area contributed by atoms with Crippen LogP contribution < -0.4 is 5.43 Å². The third-order valence-electron chi connectivity index (χ3n) is 5.24. The molecule has 3 aromatic carbocycles. The van der Waals surface area contributed by atoms with Gasteiger partial charge < -0.3 is 4.57 Å². The molecule has 1 amide bonds. The Balaban J connectivity index is 1.61. The number of carbonyl (C=O) groups excluding carboxylic acids is 1. The highest BCUT2D eigenvalue weighted by Crippen LogP contribution is 2.26. The highest BCUT2D eigenvalue weighted by molar-refractivity contribution is 6.30. The maximum Gasteiger partial charge on any atom is 0.274 e. The van der Waals surface area contributed by atoms with Crippen LogP contribution in [0.4, 0.5) is 4.39 Å². The molecule has 0 unspecified atom stereocenters. The van der Waals surface area contributed by atoms with E-state index in [1.807, 2.05) is 61.5 Å². The van der Waals surface area contributed by atoms with E-state index in [4.69, 9.17) is 16.9 Å². The molecule has 0 atom stereocenters. The molecule has 0 aliphatic rings. The van der Waals surface area contributed by atoms with E-state index < -0.39 is 11.7 Å². The SMILES string of the molecule is Cc1c(/C=N\NC(=O)c2ccc(C#N)cc2F)c2ccccc2n1Cc1ccc(Cl)cc1. The van der Waals surface area contributed by atoms with Gasteiger partial charge >= 0.3 is 0 Å². The molecule has 0 spiro atoms. The summed E-state index contributed by atoms with van der Waals surface area (Å²) in [5.41, 5.74) is 6.30. The fraction of sp³-hybridized carbons (Fsp3) is 0.0800. The Morgan fingerprint density at radius 2 is 1.94 bits per heavy atom. The van der Waals surface area contributed by atoms with Gasteiger partial charge in [-0.25, -0.2) is 9.82 Å². The number of amides is 1. The Morgan fingerprint density at radius 1 is 1.19 bits per heavy atom. The van der Waals surface area contributed by atoms with E-state index in [1.54, 1.807) is 6.21 Å². The standard InChI is InChI=1S/C25H18ClFN4O/c1-16-22(14-29-30-25(32)21-11-8-18(13-28)12-23(21)27)20-4-2-3-5-24(20)31(16)15-17-6-9-19(26)10-7-17/h2-12,14H,15H2,1H3,(H,30,32)/b29-14-. The summed E-state index contributed by atoms with van der Waals surface area (Å²) < 4.78 is 16.2. The molecule has 0 fully saturated rings. The maximum absolute atomic E-state index is 14.1. The number of carbonyl (C=O) groups is 1. The zero-order valence-electron chi connectivity index (χ0n) is 17.1. The van der Waals surface area contributed by atoms with Gasteiger partial charge in [-0.1, -0.05) is 41.9 Å². The van der Waals surface area contributed by atoms with E-state index in [0.717, 1.165) is 33.8 Å². The average molecular weight is 445 g/mol. The molecule has 4 aromatic rings. The summed E-state index contributed by atoms with van der Waals surface area (Å²) in [4.78, 5) is 12.3. The summed E-state index contributed by atoms with van der Waals surface area (Å²) >= 11 is 6.00. The van der Waals surface area contributed by atoms with Crippen LogP contribution in [0.15, 0.2) is 71.8 Å². The van der Waals surface area contributed by atoms with Crippen molar-refractivity contribution < 1.29 is 9.18 Å². The Morgan fingerprint density at radius 3 is 2.66 bits per heavy atom. The van der Waals surface area contributed by atoms with Gasteiger partial charge in [-0.05, 0) is 48.9 Å². The first-order chi connectivity index (χ1) is 15.5. The molecule has 1 heterocycles. The Bertz CT molecular complexity index is 1380. The van der Waals surface area contributed by atoms with Crippen molar-refractivity contribution in [2.75, 3.05) is 0 Å². The number of rotatable bonds is 5.